The molecule has 0 aromatic carbocycles. The molecule has 0 aromatic heterocycles. The minimum atomic E-state index is -4.86. The van der Waals surface area contributed by atoms with Crippen molar-refractivity contribution in [1.29, 1.82) is 0 Å². The van der Waals surface area contributed by atoms with Gasteiger partial charge in [0.1, 0.15) is 0 Å². The lowest BCUT2D eigenvalue weighted by Gasteiger charge is -2.40. The molecule has 10 heteroatoms. The van der Waals surface area contributed by atoms with Gasteiger partial charge in [0.25, 0.3) is 0 Å². The van der Waals surface area contributed by atoms with Gasteiger partial charge in [-0.2, -0.15) is 11.8 Å². The summed E-state index contributed by atoms with van der Waals surface area (Å²) in [6.07, 6.45) is 1.94. The molecule has 1 heterocycles. The molecule has 0 spiro atoms. The molecule has 0 bridgehead atoms. The van der Waals surface area contributed by atoms with Crippen LogP contribution in [0.1, 0.15) is 12.8 Å². The van der Waals surface area contributed by atoms with E-state index in [-0.39, 0.29) is 6.04 Å². The van der Waals surface area contributed by atoms with Crippen molar-refractivity contribution in [2.75, 3.05) is 18.1 Å². The average molecular weight is 317 g/mol. The highest BCUT2D eigenvalue weighted by atomic mass is 32.2. The van der Waals surface area contributed by atoms with Crippen LogP contribution in [-0.4, -0.2) is 54.1 Å². The van der Waals surface area contributed by atoms with Crippen molar-refractivity contribution in [2.24, 2.45) is 5.92 Å². The molecule has 2 rings (SSSR count). The van der Waals surface area contributed by atoms with Crippen molar-refractivity contribution in [1.82, 2.24) is 4.90 Å². The predicted molar refractivity (Wildman–Crippen MR) is 68.4 cm³/mol. The summed E-state index contributed by atoms with van der Waals surface area (Å²) < 4.78 is 22.8. The highest BCUT2D eigenvalue weighted by Crippen LogP contribution is 2.62. The fraction of sp³-hybridized carbons (Fsp3) is 1.00. The van der Waals surface area contributed by atoms with E-state index in [2.05, 4.69) is 0 Å². The normalized spacial score (nSPS) is 27.7. The molecule has 2 aliphatic rings. The second-order valence-electron chi connectivity index (χ2n) is 4.74. The number of rotatable bonds is 4. The van der Waals surface area contributed by atoms with Gasteiger partial charge < -0.3 is 19.6 Å². The average Bonchev–Trinajstić information content (AvgIpc) is 2.97. The molecular formula is C8H17NO6P2S. The van der Waals surface area contributed by atoms with Crippen LogP contribution in [0.25, 0.3) is 0 Å². The molecule has 18 heavy (non-hydrogen) atoms. The molecule has 7 nitrogen and oxygen atoms in total. The first-order chi connectivity index (χ1) is 8.21. The summed E-state index contributed by atoms with van der Waals surface area (Å²) in [5, 5.41) is 0. The molecule has 1 saturated carbocycles. The Bertz CT molecular complexity index is 382. The Balaban J connectivity index is 2.28. The maximum atomic E-state index is 11.4. The molecule has 0 amide bonds. The van der Waals surface area contributed by atoms with Gasteiger partial charge >= 0.3 is 15.2 Å². The Morgan fingerprint density at radius 2 is 1.67 bits per heavy atom. The van der Waals surface area contributed by atoms with E-state index >= 15 is 0 Å². The Morgan fingerprint density at radius 3 is 2.11 bits per heavy atom. The van der Waals surface area contributed by atoms with E-state index in [1.54, 1.807) is 11.8 Å². The first kappa shape index (κ1) is 15.0. The lowest BCUT2D eigenvalue weighted by Crippen LogP contribution is -2.49. The van der Waals surface area contributed by atoms with Crippen LogP contribution in [-0.2, 0) is 9.13 Å². The van der Waals surface area contributed by atoms with Crippen LogP contribution >= 0.6 is 27.0 Å². The first-order valence-electron chi connectivity index (χ1n) is 5.65. The number of thioether (sulfide) groups is 1. The second-order valence-corrected chi connectivity index (χ2v) is 9.63. The maximum absolute atomic E-state index is 11.4. The van der Waals surface area contributed by atoms with Gasteiger partial charge in [0.2, 0.25) is 5.52 Å². The summed E-state index contributed by atoms with van der Waals surface area (Å²) >= 11 is 1.67. The Kier molecular flexibility index (Phi) is 4.32. The zero-order valence-corrected chi connectivity index (χ0v) is 12.2. The first-order valence-corrected chi connectivity index (χ1v) is 10.2. The highest BCUT2D eigenvalue weighted by molar-refractivity contribution is 7.99. The molecule has 1 atom stereocenters. The standard InChI is InChI=1S/C8H17NO6P2S/c10-16(11,12)8(17(13,14)15)9-3-4-18-5-7(9)6-1-2-6/h6-8H,1-5H2,(H2,10,11,12)(H2,13,14,15). The van der Waals surface area contributed by atoms with Gasteiger partial charge in [0.15, 0.2) is 0 Å². The van der Waals surface area contributed by atoms with Gasteiger partial charge in [-0.15, -0.1) is 0 Å². The third-order valence-electron chi connectivity index (χ3n) is 3.27. The minimum Gasteiger partial charge on any atom is -0.323 e. The van der Waals surface area contributed by atoms with Gasteiger partial charge in [0, 0.05) is 24.1 Å². The maximum Gasteiger partial charge on any atom is 0.354 e. The summed E-state index contributed by atoms with van der Waals surface area (Å²) in [5.41, 5.74) is -1.98. The van der Waals surface area contributed by atoms with E-state index < -0.39 is 20.7 Å². The van der Waals surface area contributed by atoms with E-state index in [0.717, 1.165) is 12.8 Å². The Morgan fingerprint density at radius 1 is 1.11 bits per heavy atom. The van der Waals surface area contributed by atoms with Crippen molar-refractivity contribution in [2.45, 2.75) is 24.4 Å². The van der Waals surface area contributed by atoms with Gasteiger partial charge in [0.05, 0.1) is 0 Å². The molecular weight excluding hydrogens is 300 g/mol. The minimum absolute atomic E-state index is 0.131. The van der Waals surface area contributed by atoms with Gasteiger partial charge in [-0.05, 0) is 18.8 Å². The number of hydrogen-bond acceptors (Lipinski definition) is 4. The van der Waals surface area contributed by atoms with Gasteiger partial charge in [-0.1, -0.05) is 0 Å². The molecule has 2 fully saturated rings. The van der Waals surface area contributed by atoms with Crippen molar-refractivity contribution in [3.63, 3.8) is 0 Å². The van der Waals surface area contributed by atoms with Crippen molar-refractivity contribution in [3.8, 4) is 0 Å². The number of hydrogen-bond donors (Lipinski definition) is 4. The fourth-order valence-corrected chi connectivity index (χ4v) is 6.52. The molecule has 1 aliphatic heterocycles. The largest absolute Gasteiger partial charge is 0.354 e. The van der Waals surface area contributed by atoms with Crippen LogP contribution in [0.5, 0.6) is 0 Å². The summed E-state index contributed by atoms with van der Waals surface area (Å²) in [6, 6.07) is -0.131. The van der Waals surface area contributed by atoms with E-state index in [4.69, 9.17) is 0 Å². The quantitative estimate of drug-likeness (QED) is 0.552. The zero-order valence-electron chi connectivity index (χ0n) is 9.62. The lowest BCUT2D eigenvalue weighted by molar-refractivity contribution is 0.173. The second kappa shape index (κ2) is 5.19. The van der Waals surface area contributed by atoms with E-state index in [9.17, 15) is 28.7 Å². The van der Waals surface area contributed by atoms with Crippen molar-refractivity contribution in [3.05, 3.63) is 0 Å². The van der Waals surface area contributed by atoms with Crippen LogP contribution in [0.3, 0.4) is 0 Å². The van der Waals surface area contributed by atoms with Gasteiger partial charge in [-0.3, -0.25) is 14.0 Å². The highest BCUT2D eigenvalue weighted by Gasteiger charge is 2.52. The molecule has 106 valence electrons. The van der Waals surface area contributed by atoms with E-state index in [1.165, 1.54) is 4.90 Å². The Labute approximate surface area is 109 Å². The smallest absolute Gasteiger partial charge is 0.323 e. The predicted octanol–water partition coefficient (Wildman–Crippen LogP) is 0.453. The van der Waals surface area contributed by atoms with Crippen molar-refractivity contribution < 1.29 is 28.7 Å². The SMILES string of the molecule is O=P(O)(O)C(N1CCSCC1C1CC1)P(=O)(O)O. The molecule has 0 radical (unpaired) electrons. The topological polar surface area (TPSA) is 118 Å². The van der Waals surface area contributed by atoms with Crippen LogP contribution < -0.4 is 0 Å². The number of nitrogens with zero attached hydrogens (tertiary/aromatic N) is 1. The van der Waals surface area contributed by atoms with Crippen LogP contribution in [0, 0.1) is 5.92 Å². The monoisotopic (exact) mass is 317 g/mol. The molecule has 4 N–H and O–H groups in total. The fourth-order valence-electron chi connectivity index (χ4n) is 2.39. The molecule has 1 aliphatic carbocycles. The van der Waals surface area contributed by atoms with E-state index in [1.807, 2.05) is 0 Å². The van der Waals surface area contributed by atoms with Gasteiger partial charge in [-0.25, -0.2) is 0 Å². The summed E-state index contributed by atoms with van der Waals surface area (Å²) in [6.45, 7) is 0.312. The van der Waals surface area contributed by atoms with Crippen LogP contribution in [0.4, 0.5) is 0 Å². The summed E-state index contributed by atoms with van der Waals surface area (Å²) in [5.74, 6) is 1.64. The third-order valence-corrected chi connectivity index (χ3v) is 7.92. The van der Waals surface area contributed by atoms with Crippen LogP contribution in [0.15, 0.2) is 0 Å². The van der Waals surface area contributed by atoms with E-state index in [0.29, 0.717) is 24.0 Å². The molecule has 1 saturated heterocycles. The summed E-state index contributed by atoms with van der Waals surface area (Å²) in [7, 11) is -9.72. The van der Waals surface area contributed by atoms with Crippen LogP contribution in [0.2, 0.25) is 0 Å². The lowest BCUT2D eigenvalue weighted by atomic mass is 10.2. The summed E-state index contributed by atoms with van der Waals surface area (Å²) in [4.78, 5) is 38.4. The Hall–Kier alpha value is 0.610. The zero-order chi connectivity index (χ0) is 13.6. The van der Waals surface area contributed by atoms with Crippen molar-refractivity contribution >= 4 is 27.0 Å². The third kappa shape index (κ3) is 3.38. The molecule has 1 unspecified atom stereocenters. The molecule has 0 aromatic rings.